The molecule has 0 radical (unpaired) electrons. The first-order valence-electron chi connectivity index (χ1n) is 7.64. The standard InChI is InChI=1S/C18H14N2O5S2/c1-25-14-8-10(2-7-13(14)22)9-15-17(24)20(18(26)27-15)19-16(23)11-3-5-12(21)6-4-11/h2-9,21-22H,1H3,(H,19,23). The van der Waals surface area contributed by atoms with E-state index in [1.54, 1.807) is 18.2 Å². The lowest BCUT2D eigenvalue weighted by molar-refractivity contribution is -0.123. The summed E-state index contributed by atoms with van der Waals surface area (Å²) < 4.78 is 5.23. The average molecular weight is 402 g/mol. The van der Waals surface area contributed by atoms with Crippen LogP contribution in [0.1, 0.15) is 15.9 Å². The summed E-state index contributed by atoms with van der Waals surface area (Å²) >= 11 is 6.22. The van der Waals surface area contributed by atoms with Gasteiger partial charge in [0.05, 0.1) is 12.0 Å². The number of phenolic OH excluding ortho intramolecular Hbond substituents is 2. The first kappa shape index (κ1) is 18.7. The summed E-state index contributed by atoms with van der Waals surface area (Å²) in [5, 5.41) is 19.9. The first-order chi connectivity index (χ1) is 12.9. The van der Waals surface area contributed by atoms with Crippen molar-refractivity contribution in [1.29, 1.82) is 0 Å². The number of methoxy groups -OCH3 is 1. The summed E-state index contributed by atoms with van der Waals surface area (Å²) in [6.45, 7) is 0. The van der Waals surface area contributed by atoms with Crippen LogP contribution in [0.2, 0.25) is 0 Å². The van der Waals surface area contributed by atoms with Gasteiger partial charge in [-0.2, -0.15) is 5.01 Å². The van der Waals surface area contributed by atoms with E-state index in [-0.39, 0.29) is 27.1 Å². The zero-order valence-corrected chi connectivity index (χ0v) is 15.6. The highest BCUT2D eigenvalue weighted by Crippen LogP contribution is 2.33. The number of benzene rings is 2. The molecule has 0 saturated carbocycles. The second-order valence-corrected chi connectivity index (χ2v) is 7.11. The number of nitrogens with one attached hydrogen (secondary N) is 1. The fourth-order valence-electron chi connectivity index (χ4n) is 2.28. The molecule has 1 heterocycles. The van der Waals surface area contributed by atoms with Gasteiger partial charge >= 0.3 is 0 Å². The molecule has 138 valence electrons. The molecular formula is C18H14N2O5S2. The second-order valence-electron chi connectivity index (χ2n) is 5.44. The molecule has 2 aromatic rings. The topological polar surface area (TPSA) is 99.1 Å². The van der Waals surface area contributed by atoms with Crippen LogP contribution in [0.4, 0.5) is 0 Å². The molecule has 3 N–H and O–H groups in total. The van der Waals surface area contributed by atoms with Crippen molar-refractivity contribution in [1.82, 2.24) is 10.4 Å². The van der Waals surface area contributed by atoms with Crippen LogP contribution < -0.4 is 10.2 Å². The van der Waals surface area contributed by atoms with Gasteiger partial charge in [0.2, 0.25) is 0 Å². The van der Waals surface area contributed by atoms with Gasteiger partial charge in [-0.25, -0.2) is 0 Å². The van der Waals surface area contributed by atoms with Crippen LogP contribution in [0.3, 0.4) is 0 Å². The number of carbonyl (C=O) groups is 2. The maximum atomic E-state index is 12.6. The van der Waals surface area contributed by atoms with Gasteiger partial charge in [-0.05, 0) is 60.3 Å². The number of rotatable bonds is 4. The van der Waals surface area contributed by atoms with Crippen molar-refractivity contribution in [3.8, 4) is 17.2 Å². The predicted octanol–water partition coefficient (Wildman–Crippen LogP) is 2.65. The largest absolute Gasteiger partial charge is 0.508 e. The number of hydrogen-bond acceptors (Lipinski definition) is 7. The zero-order chi connectivity index (χ0) is 19.6. The molecule has 0 aliphatic carbocycles. The molecule has 1 saturated heterocycles. The normalized spacial score (nSPS) is 15.3. The van der Waals surface area contributed by atoms with E-state index in [1.807, 2.05) is 0 Å². The van der Waals surface area contributed by atoms with Gasteiger partial charge in [-0.15, -0.1) is 0 Å². The molecule has 0 spiro atoms. The maximum absolute atomic E-state index is 12.6. The van der Waals surface area contributed by atoms with Crippen LogP contribution in [0.15, 0.2) is 47.4 Å². The molecule has 1 aliphatic heterocycles. The zero-order valence-electron chi connectivity index (χ0n) is 14.0. The van der Waals surface area contributed by atoms with Gasteiger partial charge < -0.3 is 14.9 Å². The summed E-state index contributed by atoms with van der Waals surface area (Å²) in [5.74, 6) is -0.698. The van der Waals surface area contributed by atoms with E-state index in [0.29, 0.717) is 10.5 Å². The molecule has 1 aliphatic rings. The highest BCUT2D eigenvalue weighted by atomic mass is 32.2. The smallest absolute Gasteiger partial charge is 0.285 e. The Morgan fingerprint density at radius 3 is 2.59 bits per heavy atom. The summed E-state index contributed by atoms with van der Waals surface area (Å²) in [6.07, 6.45) is 1.59. The van der Waals surface area contributed by atoms with Gasteiger partial charge in [0.25, 0.3) is 11.8 Å². The average Bonchev–Trinajstić information content (AvgIpc) is 2.91. The van der Waals surface area contributed by atoms with Gasteiger partial charge in [-0.3, -0.25) is 15.0 Å². The van der Waals surface area contributed by atoms with Crippen molar-refractivity contribution in [3.63, 3.8) is 0 Å². The van der Waals surface area contributed by atoms with E-state index < -0.39 is 11.8 Å². The number of phenols is 2. The summed E-state index contributed by atoms with van der Waals surface area (Å²) in [7, 11) is 1.43. The Labute approximate surface area is 164 Å². The van der Waals surface area contributed by atoms with Crippen LogP contribution in [0, 0.1) is 0 Å². The lowest BCUT2D eigenvalue weighted by Gasteiger charge is -2.15. The fourth-order valence-corrected chi connectivity index (χ4v) is 3.46. The number of carbonyl (C=O) groups excluding carboxylic acids is 2. The lowest BCUT2D eigenvalue weighted by Crippen LogP contribution is -2.44. The molecule has 1 fully saturated rings. The Morgan fingerprint density at radius 1 is 1.22 bits per heavy atom. The van der Waals surface area contributed by atoms with Crippen LogP contribution in [-0.2, 0) is 4.79 Å². The number of hydrogen-bond donors (Lipinski definition) is 3. The SMILES string of the molecule is COc1cc(C=C2SC(=S)N(NC(=O)c3ccc(O)cc3)C2=O)ccc1O. The van der Waals surface area contributed by atoms with E-state index in [0.717, 1.165) is 16.8 Å². The molecule has 2 amide bonds. The molecule has 0 atom stereocenters. The van der Waals surface area contributed by atoms with Crippen molar-refractivity contribution < 1.29 is 24.5 Å². The molecule has 9 heteroatoms. The number of thiocarbonyl (C=S) groups is 1. The van der Waals surface area contributed by atoms with Gasteiger partial charge in [-0.1, -0.05) is 17.8 Å². The van der Waals surface area contributed by atoms with E-state index in [1.165, 1.54) is 37.4 Å². The third-order valence-corrected chi connectivity index (χ3v) is 4.94. The Morgan fingerprint density at radius 2 is 1.93 bits per heavy atom. The molecule has 3 rings (SSSR count). The van der Waals surface area contributed by atoms with Crippen molar-refractivity contribution in [2.45, 2.75) is 0 Å². The monoisotopic (exact) mass is 402 g/mol. The molecular weight excluding hydrogens is 388 g/mol. The maximum Gasteiger partial charge on any atom is 0.285 e. The molecule has 7 nitrogen and oxygen atoms in total. The van der Waals surface area contributed by atoms with Crippen LogP contribution in [0.25, 0.3) is 6.08 Å². The van der Waals surface area contributed by atoms with E-state index in [4.69, 9.17) is 17.0 Å². The number of amides is 2. The minimum atomic E-state index is -0.529. The molecule has 0 unspecified atom stereocenters. The van der Waals surface area contributed by atoms with E-state index >= 15 is 0 Å². The van der Waals surface area contributed by atoms with Gasteiger partial charge in [0, 0.05) is 5.56 Å². The Kier molecular flexibility index (Phi) is 5.33. The summed E-state index contributed by atoms with van der Waals surface area (Å²) in [4.78, 5) is 25.2. The van der Waals surface area contributed by atoms with Crippen molar-refractivity contribution in [3.05, 3.63) is 58.5 Å². The fraction of sp³-hybridized carbons (Fsp3) is 0.0556. The molecule has 0 bridgehead atoms. The predicted molar refractivity (Wildman–Crippen MR) is 105 cm³/mol. The Hall–Kier alpha value is -3.04. The molecule has 0 aromatic heterocycles. The quantitative estimate of drug-likeness (QED) is 0.534. The Balaban J connectivity index is 1.78. The highest BCUT2D eigenvalue weighted by Gasteiger charge is 2.33. The van der Waals surface area contributed by atoms with Gasteiger partial charge in [0.15, 0.2) is 15.8 Å². The summed E-state index contributed by atoms with van der Waals surface area (Å²) in [5.41, 5.74) is 3.36. The second kappa shape index (κ2) is 7.68. The third kappa shape index (κ3) is 4.04. The lowest BCUT2D eigenvalue weighted by atomic mass is 10.2. The van der Waals surface area contributed by atoms with Crippen LogP contribution in [-0.4, -0.2) is 38.5 Å². The first-order valence-corrected chi connectivity index (χ1v) is 8.86. The molecule has 2 aromatic carbocycles. The Bertz CT molecular complexity index is 957. The number of hydrazine groups is 1. The van der Waals surface area contributed by atoms with Crippen molar-refractivity contribution in [2.24, 2.45) is 0 Å². The van der Waals surface area contributed by atoms with Gasteiger partial charge in [0.1, 0.15) is 5.75 Å². The minimum absolute atomic E-state index is 0.0108. The number of aromatic hydroxyl groups is 2. The number of nitrogens with zero attached hydrogens (tertiary/aromatic N) is 1. The number of thioether (sulfide) groups is 1. The number of ether oxygens (including phenoxy) is 1. The highest BCUT2D eigenvalue weighted by molar-refractivity contribution is 8.26. The van der Waals surface area contributed by atoms with Crippen molar-refractivity contribution >= 4 is 46.2 Å². The van der Waals surface area contributed by atoms with Crippen LogP contribution in [0.5, 0.6) is 17.2 Å². The summed E-state index contributed by atoms with van der Waals surface area (Å²) in [6, 6.07) is 10.3. The third-order valence-electron chi connectivity index (χ3n) is 3.64. The molecule has 27 heavy (non-hydrogen) atoms. The van der Waals surface area contributed by atoms with Crippen molar-refractivity contribution in [2.75, 3.05) is 7.11 Å². The van der Waals surface area contributed by atoms with E-state index in [2.05, 4.69) is 5.43 Å². The van der Waals surface area contributed by atoms with Crippen LogP contribution >= 0.6 is 24.0 Å². The minimum Gasteiger partial charge on any atom is -0.508 e. The van der Waals surface area contributed by atoms with E-state index in [9.17, 15) is 19.8 Å².